The van der Waals surface area contributed by atoms with E-state index in [0.29, 0.717) is 11.5 Å². The number of methoxy groups -OCH3 is 2. The highest BCUT2D eigenvalue weighted by Gasteiger charge is 2.15. The number of carbonyl (C=O) groups is 1. The van der Waals surface area contributed by atoms with E-state index >= 15 is 0 Å². The van der Waals surface area contributed by atoms with Crippen molar-refractivity contribution in [3.8, 4) is 11.5 Å². The van der Waals surface area contributed by atoms with Gasteiger partial charge in [0.2, 0.25) is 5.91 Å². The molecule has 4 heteroatoms. The molecule has 17 heavy (non-hydrogen) atoms. The Morgan fingerprint density at radius 1 is 1.24 bits per heavy atom. The highest BCUT2D eigenvalue weighted by Crippen LogP contribution is 2.28. The first-order chi connectivity index (χ1) is 8.24. The van der Waals surface area contributed by atoms with E-state index in [1.54, 1.807) is 14.2 Å². The summed E-state index contributed by atoms with van der Waals surface area (Å²) in [4.78, 5) is 11.4. The van der Waals surface area contributed by atoms with Gasteiger partial charge in [0.1, 0.15) is 0 Å². The lowest BCUT2D eigenvalue weighted by Crippen LogP contribution is -2.13. The van der Waals surface area contributed by atoms with E-state index in [1.165, 1.54) is 0 Å². The van der Waals surface area contributed by atoms with Gasteiger partial charge < -0.3 is 14.8 Å². The third-order valence-electron chi connectivity index (χ3n) is 2.72. The molecule has 1 aliphatic rings. The third-order valence-corrected chi connectivity index (χ3v) is 2.72. The number of benzene rings is 1. The van der Waals surface area contributed by atoms with Crippen LogP contribution in [0.2, 0.25) is 0 Å². The topological polar surface area (TPSA) is 47.6 Å². The Kier molecular flexibility index (Phi) is 3.32. The van der Waals surface area contributed by atoms with Crippen LogP contribution in [0.25, 0.3) is 6.08 Å². The Labute approximate surface area is 100 Å². The van der Waals surface area contributed by atoms with Crippen LogP contribution in [0.15, 0.2) is 23.8 Å². The maximum Gasteiger partial charge on any atom is 0.247 e. The Hall–Kier alpha value is -1.97. The number of rotatable bonds is 3. The first-order valence-electron chi connectivity index (χ1n) is 5.45. The van der Waals surface area contributed by atoms with E-state index in [-0.39, 0.29) is 5.91 Å². The molecule has 1 N–H and O–H groups in total. The van der Waals surface area contributed by atoms with Crippen LogP contribution in [-0.2, 0) is 4.79 Å². The molecule has 0 saturated carbocycles. The molecule has 0 unspecified atom stereocenters. The summed E-state index contributed by atoms with van der Waals surface area (Å²) < 4.78 is 10.4. The molecule has 0 radical (unpaired) electrons. The van der Waals surface area contributed by atoms with E-state index in [1.807, 2.05) is 24.3 Å². The van der Waals surface area contributed by atoms with Gasteiger partial charge in [-0.1, -0.05) is 6.07 Å². The van der Waals surface area contributed by atoms with Gasteiger partial charge in [0.25, 0.3) is 0 Å². The number of hydrogen-bond donors (Lipinski definition) is 1. The average Bonchev–Trinajstić information content (AvgIpc) is 2.75. The number of amides is 1. The van der Waals surface area contributed by atoms with E-state index < -0.39 is 0 Å². The van der Waals surface area contributed by atoms with Crippen LogP contribution < -0.4 is 14.8 Å². The molecule has 1 fully saturated rings. The molecule has 1 saturated heterocycles. The standard InChI is InChI=1S/C13H15NO3/c1-16-11-4-3-9(8-12(11)17-2)7-10-5-6-14-13(10)15/h3-4,7-8H,5-6H2,1-2H3,(H,14,15)/b10-7-. The molecule has 0 atom stereocenters. The lowest BCUT2D eigenvalue weighted by atomic mass is 10.1. The lowest BCUT2D eigenvalue weighted by Gasteiger charge is -2.07. The summed E-state index contributed by atoms with van der Waals surface area (Å²) in [6.07, 6.45) is 2.65. The maximum atomic E-state index is 11.4. The third kappa shape index (κ3) is 2.41. The van der Waals surface area contributed by atoms with E-state index in [4.69, 9.17) is 9.47 Å². The minimum absolute atomic E-state index is 0.0137. The van der Waals surface area contributed by atoms with Crippen LogP contribution in [0.1, 0.15) is 12.0 Å². The SMILES string of the molecule is COc1ccc(/C=C2/CCNC2=O)cc1OC. The second kappa shape index (κ2) is 4.91. The van der Waals surface area contributed by atoms with Gasteiger partial charge in [-0.2, -0.15) is 0 Å². The lowest BCUT2D eigenvalue weighted by molar-refractivity contribution is -0.116. The molecule has 1 aromatic carbocycles. The van der Waals surface area contributed by atoms with Gasteiger partial charge in [0.05, 0.1) is 14.2 Å². The summed E-state index contributed by atoms with van der Waals surface area (Å²) in [5.74, 6) is 1.37. The highest BCUT2D eigenvalue weighted by molar-refractivity contribution is 5.99. The number of carbonyl (C=O) groups excluding carboxylic acids is 1. The van der Waals surface area contributed by atoms with Gasteiger partial charge in [-0.25, -0.2) is 0 Å². The van der Waals surface area contributed by atoms with Gasteiger partial charge in [-0.05, 0) is 30.2 Å². The van der Waals surface area contributed by atoms with E-state index in [0.717, 1.165) is 24.1 Å². The summed E-state index contributed by atoms with van der Waals surface area (Å²) in [6, 6.07) is 5.59. The van der Waals surface area contributed by atoms with Gasteiger partial charge >= 0.3 is 0 Å². The first kappa shape index (κ1) is 11.5. The van der Waals surface area contributed by atoms with Crippen LogP contribution in [-0.4, -0.2) is 26.7 Å². The molecule has 0 aliphatic carbocycles. The average molecular weight is 233 g/mol. The summed E-state index contributed by atoms with van der Waals surface area (Å²) in [6.45, 7) is 0.720. The van der Waals surface area contributed by atoms with Crippen molar-refractivity contribution < 1.29 is 14.3 Å². The van der Waals surface area contributed by atoms with Crippen LogP contribution in [0.5, 0.6) is 11.5 Å². The summed E-state index contributed by atoms with van der Waals surface area (Å²) in [7, 11) is 3.19. The van der Waals surface area contributed by atoms with Gasteiger partial charge in [0, 0.05) is 12.1 Å². The monoisotopic (exact) mass is 233 g/mol. The van der Waals surface area contributed by atoms with Crippen molar-refractivity contribution >= 4 is 12.0 Å². The fourth-order valence-electron chi connectivity index (χ4n) is 1.82. The van der Waals surface area contributed by atoms with Crippen molar-refractivity contribution in [1.29, 1.82) is 0 Å². The highest BCUT2D eigenvalue weighted by atomic mass is 16.5. The molecule has 1 amide bonds. The minimum Gasteiger partial charge on any atom is -0.493 e. The number of hydrogen-bond acceptors (Lipinski definition) is 3. The molecule has 1 aromatic rings. The molecule has 1 heterocycles. The number of nitrogens with one attached hydrogen (secondary N) is 1. The molecule has 0 spiro atoms. The number of ether oxygens (including phenoxy) is 2. The Morgan fingerprint density at radius 2 is 2.00 bits per heavy atom. The van der Waals surface area contributed by atoms with Crippen LogP contribution in [0.3, 0.4) is 0 Å². The van der Waals surface area contributed by atoms with Crippen LogP contribution in [0.4, 0.5) is 0 Å². The van der Waals surface area contributed by atoms with Crippen LogP contribution in [0, 0.1) is 0 Å². The zero-order valence-electron chi connectivity index (χ0n) is 9.95. The van der Waals surface area contributed by atoms with E-state index in [9.17, 15) is 4.79 Å². The predicted octanol–water partition coefficient (Wildman–Crippen LogP) is 1.61. The maximum absolute atomic E-state index is 11.4. The second-order valence-corrected chi connectivity index (χ2v) is 3.79. The van der Waals surface area contributed by atoms with E-state index in [2.05, 4.69) is 5.32 Å². The summed E-state index contributed by atoms with van der Waals surface area (Å²) in [5.41, 5.74) is 1.74. The van der Waals surface area contributed by atoms with Crippen molar-refractivity contribution in [3.05, 3.63) is 29.3 Å². The fourth-order valence-corrected chi connectivity index (χ4v) is 1.82. The molecular weight excluding hydrogens is 218 g/mol. The molecule has 4 nitrogen and oxygen atoms in total. The fraction of sp³-hybridized carbons (Fsp3) is 0.308. The normalized spacial score (nSPS) is 17.1. The zero-order valence-corrected chi connectivity index (χ0v) is 9.95. The molecule has 90 valence electrons. The van der Waals surface area contributed by atoms with Gasteiger partial charge in [-0.3, -0.25) is 4.79 Å². The zero-order chi connectivity index (χ0) is 12.3. The molecule has 0 bridgehead atoms. The van der Waals surface area contributed by atoms with Crippen molar-refractivity contribution in [1.82, 2.24) is 5.32 Å². The van der Waals surface area contributed by atoms with Crippen molar-refractivity contribution in [3.63, 3.8) is 0 Å². The molecule has 2 rings (SSSR count). The first-order valence-corrected chi connectivity index (χ1v) is 5.45. The van der Waals surface area contributed by atoms with Gasteiger partial charge in [-0.15, -0.1) is 0 Å². The summed E-state index contributed by atoms with van der Waals surface area (Å²) >= 11 is 0. The van der Waals surface area contributed by atoms with Crippen molar-refractivity contribution in [2.45, 2.75) is 6.42 Å². The minimum atomic E-state index is 0.0137. The van der Waals surface area contributed by atoms with Gasteiger partial charge in [0.15, 0.2) is 11.5 Å². The molecule has 1 aliphatic heterocycles. The quantitative estimate of drug-likeness (QED) is 0.807. The second-order valence-electron chi connectivity index (χ2n) is 3.79. The Bertz CT molecular complexity index is 466. The molecule has 0 aromatic heterocycles. The Morgan fingerprint density at radius 3 is 2.59 bits per heavy atom. The van der Waals surface area contributed by atoms with Crippen LogP contribution >= 0.6 is 0 Å². The Balaban J connectivity index is 2.31. The van der Waals surface area contributed by atoms with Crippen molar-refractivity contribution in [2.75, 3.05) is 20.8 Å². The largest absolute Gasteiger partial charge is 0.493 e. The smallest absolute Gasteiger partial charge is 0.247 e. The molecular formula is C13H15NO3. The summed E-state index contributed by atoms with van der Waals surface area (Å²) in [5, 5.41) is 2.78. The van der Waals surface area contributed by atoms with Crippen molar-refractivity contribution in [2.24, 2.45) is 0 Å². The predicted molar refractivity (Wildman–Crippen MR) is 65.1 cm³/mol.